The first-order valence-corrected chi connectivity index (χ1v) is 8.31. The smallest absolute Gasteiger partial charge is 0.0515 e. The van der Waals surface area contributed by atoms with Gasteiger partial charge in [0.05, 0.1) is 6.04 Å². The van der Waals surface area contributed by atoms with Gasteiger partial charge in [-0.1, -0.05) is 44.2 Å². The van der Waals surface area contributed by atoms with Gasteiger partial charge < -0.3 is 10.2 Å². The molecule has 0 spiro atoms. The normalized spacial score (nSPS) is 22.0. The van der Waals surface area contributed by atoms with Crippen LogP contribution in [0.5, 0.6) is 0 Å². The molecular formula is C17H30N4. The summed E-state index contributed by atoms with van der Waals surface area (Å²) in [5.74, 6) is 0.612. The van der Waals surface area contributed by atoms with E-state index in [1.54, 1.807) is 0 Å². The molecular weight excluding hydrogens is 260 g/mol. The molecule has 2 atom stereocenters. The zero-order chi connectivity index (χ0) is 14.9. The summed E-state index contributed by atoms with van der Waals surface area (Å²) in [7, 11) is 0. The zero-order valence-corrected chi connectivity index (χ0v) is 13.4. The number of rotatable bonds is 9. The van der Waals surface area contributed by atoms with Crippen LogP contribution < -0.4 is 16.2 Å². The van der Waals surface area contributed by atoms with Gasteiger partial charge in [0.2, 0.25) is 0 Å². The summed E-state index contributed by atoms with van der Waals surface area (Å²) in [6.45, 7) is 11.2. The lowest BCUT2D eigenvalue weighted by Crippen LogP contribution is -2.31. The van der Waals surface area contributed by atoms with Crippen molar-refractivity contribution in [3.05, 3.63) is 35.9 Å². The summed E-state index contributed by atoms with van der Waals surface area (Å²) in [4.78, 5) is 2.48. The molecule has 1 fully saturated rings. The lowest BCUT2D eigenvalue weighted by molar-refractivity contribution is 0.296. The molecule has 1 heterocycles. The SMILES string of the molecule is CCN(CC)CCCNCC1CNNC1c1ccccc1. The van der Waals surface area contributed by atoms with E-state index in [-0.39, 0.29) is 0 Å². The van der Waals surface area contributed by atoms with Gasteiger partial charge in [0.1, 0.15) is 0 Å². The van der Waals surface area contributed by atoms with Crippen molar-refractivity contribution < 1.29 is 0 Å². The van der Waals surface area contributed by atoms with E-state index in [4.69, 9.17) is 0 Å². The lowest BCUT2D eigenvalue weighted by Gasteiger charge is -2.20. The minimum atomic E-state index is 0.418. The van der Waals surface area contributed by atoms with Crippen LogP contribution in [0.4, 0.5) is 0 Å². The average Bonchev–Trinajstić information content (AvgIpc) is 3.00. The molecule has 4 heteroatoms. The molecule has 1 saturated heterocycles. The van der Waals surface area contributed by atoms with Crippen molar-refractivity contribution in [2.45, 2.75) is 26.3 Å². The van der Waals surface area contributed by atoms with Crippen molar-refractivity contribution in [1.82, 2.24) is 21.1 Å². The van der Waals surface area contributed by atoms with Crippen LogP contribution in [0.25, 0.3) is 0 Å². The van der Waals surface area contributed by atoms with Gasteiger partial charge >= 0.3 is 0 Å². The van der Waals surface area contributed by atoms with Crippen LogP contribution >= 0.6 is 0 Å². The number of hydrogen-bond acceptors (Lipinski definition) is 4. The van der Waals surface area contributed by atoms with Crippen LogP contribution in [-0.2, 0) is 0 Å². The Labute approximate surface area is 129 Å². The molecule has 3 N–H and O–H groups in total. The third-order valence-corrected chi connectivity index (χ3v) is 4.38. The van der Waals surface area contributed by atoms with Gasteiger partial charge in [-0.3, -0.25) is 5.43 Å². The fraction of sp³-hybridized carbons (Fsp3) is 0.647. The minimum Gasteiger partial charge on any atom is -0.316 e. The fourth-order valence-electron chi connectivity index (χ4n) is 3.00. The van der Waals surface area contributed by atoms with Crippen LogP contribution in [0.3, 0.4) is 0 Å². The van der Waals surface area contributed by atoms with Gasteiger partial charge in [-0.25, -0.2) is 5.43 Å². The maximum Gasteiger partial charge on any atom is 0.0515 e. The van der Waals surface area contributed by atoms with Gasteiger partial charge in [-0.2, -0.15) is 0 Å². The predicted octanol–water partition coefficient (Wildman–Crippen LogP) is 1.77. The number of hydrogen-bond donors (Lipinski definition) is 3. The highest BCUT2D eigenvalue weighted by Crippen LogP contribution is 2.23. The molecule has 0 saturated carbocycles. The molecule has 21 heavy (non-hydrogen) atoms. The summed E-state index contributed by atoms with van der Waals surface area (Å²) >= 11 is 0. The van der Waals surface area contributed by atoms with Crippen LogP contribution in [0.2, 0.25) is 0 Å². The molecule has 2 rings (SSSR count). The first kappa shape index (κ1) is 16.4. The van der Waals surface area contributed by atoms with Crippen LogP contribution in [0, 0.1) is 5.92 Å². The Bertz CT molecular complexity index is 378. The van der Waals surface area contributed by atoms with E-state index in [1.165, 1.54) is 18.5 Å². The molecule has 0 amide bonds. The summed E-state index contributed by atoms with van der Waals surface area (Å²) in [5.41, 5.74) is 8.07. The van der Waals surface area contributed by atoms with E-state index in [0.29, 0.717) is 12.0 Å². The number of hydrazine groups is 1. The van der Waals surface area contributed by atoms with Crippen molar-refractivity contribution in [1.29, 1.82) is 0 Å². The molecule has 0 bridgehead atoms. The first-order chi connectivity index (χ1) is 10.3. The van der Waals surface area contributed by atoms with Crippen molar-refractivity contribution in [2.24, 2.45) is 5.92 Å². The third kappa shape index (κ3) is 5.08. The molecule has 0 aromatic heterocycles. The van der Waals surface area contributed by atoms with E-state index in [2.05, 4.69) is 65.2 Å². The molecule has 0 aliphatic carbocycles. The molecule has 0 radical (unpaired) electrons. The first-order valence-electron chi connectivity index (χ1n) is 8.31. The Balaban J connectivity index is 1.68. The molecule has 1 aromatic carbocycles. The average molecular weight is 290 g/mol. The fourth-order valence-corrected chi connectivity index (χ4v) is 3.00. The standard InChI is InChI=1S/C17H30N4/c1-3-21(4-2)12-8-11-18-13-16-14-19-20-17(16)15-9-6-5-7-10-15/h5-7,9-10,16-20H,3-4,8,11-14H2,1-2H3. The zero-order valence-electron chi connectivity index (χ0n) is 13.4. The maximum atomic E-state index is 3.62. The van der Waals surface area contributed by atoms with Crippen molar-refractivity contribution in [3.63, 3.8) is 0 Å². The minimum absolute atomic E-state index is 0.418. The second-order valence-electron chi connectivity index (χ2n) is 5.76. The number of benzene rings is 1. The Morgan fingerprint density at radius 1 is 1.19 bits per heavy atom. The van der Waals surface area contributed by atoms with Gasteiger partial charge in [-0.05, 0) is 38.2 Å². The summed E-state index contributed by atoms with van der Waals surface area (Å²) in [6.07, 6.45) is 1.23. The number of nitrogens with one attached hydrogen (secondary N) is 3. The van der Waals surface area contributed by atoms with Crippen LogP contribution in [0.15, 0.2) is 30.3 Å². The Hall–Kier alpha value is -0.940. The summed E-state index contributed by atoms with van der Waals surface area (Å²) < 4.78 is 0. The van der Waals surface area contributed by atoms with Crippen molar-refractivity contribution in [2.75, 3.05) is 39.3 Å². The largest absolute Gasteiger partial charge is 0.316 e. The quantitative estimate of drug-likeness (QED) is 0.606. The Morgan fingerprint density at radius 3 is 2.67 bits per heavy atom. The maximum absolute atomic E-state index is 3.62. The Morgan fingerprint density at radius 2 is 1.95 bits per heavy atom. The Kier molecular flexibility index (Phi) is 7.16. The second-order valence-corrected chi connectivity index (χ2v) is 5.76. The van der Waals surface area contributed by atoms with Gasteiger partial charge in [-0.15, -0.1) is 0 Å². The monoisotopic (exact) mass is 290 g/mol. The topological polar surface area (TPSA) is 39.3 Å². The molecule has 1 aliphatic heterocycles. The van der Waals surface area contributed by atoms with E-state index < -0.39 is 0 Å². The van der Waals surface area contributed by atoms with Crippen LogP contribution in [-0.4, -0.2) is 44.2 Å². The highest BCUT2D eigenvalue weighted by atomic mass is 15.4. The van der Waals surface area contributed by atoms with Gasteiger partial charge in [0, 0.05) is 19.0 Å². The highest BCUT2D eigenvalue weighted by Gasteiger charge is 2.27. The highest BCUT2D eigenvalue weighted by molar-refractivity contribution is 5.20. The summed E-state index contributed by atoms with van der Waals surface area (Å²) in [5, 5.41) is 3.62. The second kappa shape index (κ2) is 9.15. The lowest BCUT2D eigenvalue weighted by atomic mass is 9.95. The van der Waals surface area contributed by atoms with E-state index in [9.17, 15) is 0 Å². The number of nitrogens with zero attached hydrogens (tertiary/aromatic N) is 1. The van der Waals surface area contributed by atoms with Crippen molar-refractivity contribution >= 4 is 0 Å². The van der Waals surface area contributed by atoms with Gasteiger partial charge in [0.15, 0.2) is 0 Å². The van der Waals surface area contributed by atoms with E-state index in [0.717, 1.165) is 32.7 Å². The van der Waals surface area contributed by atoms with Gasteiger partial charge in [0.25, 0.3) is 0 Å². The van der Waals surface area contributed by atoms with Crippen LogP contribution in [0.1, 0.15) is 31.9 Å². The third-order valence-electron chi connectivity index (χ3n) is 4.38. The molecule has 2 unspecified atom stereocenters. The molecule has 1 aliphatic rings. The van der Waals surface area contributed by atoms with Crippen molar-refractivity contribution in [3.8, 4) is 0 Å². The molecule has 1 aromatic rings. The van der Waals surface area contributed by atoms with E-state index >= 15 is 0 Å². The molecule has 4 nitrogen and oxygen atoms in total. The van der Waals surface area contributed by atoms with E-state index in [1.807, 2.05) is 0 Å². The summed E-state index contributed by atoms with van der Waals surface area (Å²) in [6, 6.07) is 11.1. The molecule has 118 valence electrons. The predicted molar refractivity (Wildman–Crippen MR) is 89.1 cm³/mol.